The van der Waals surface area contributed by atoms with E-state index < -0.39 is 11.8 Å². The van der Waals surface area contributed by atoms with E-state index >= 15 is 0 Å². The Balaban J connectivity index is 2.06. The van der Waals surface area contributed by atoms with Gasteiger partial charge in [-0.25, -0.2) is 14.2 Å². The highest BCUT2D eigenvalue weighted by Crippen LogP contribution is 2.43. The monoisotopic (exact) mass is 309 g/mol. The fourth-order valence-electron chi connectivity index (χ4n) is 2.09. The van der Waals surface area contributed by atoms with E-state index in [9.17, 15) is 9.18 Å². The molecule has 1 heterocycles. The van der Waals surface area contributed by atoms with Crippen LogP contribution in [0.4, 0.5) is 4.39 Å². The van der Waals surface area contributed by atoms with Crippen LogP contribution >= 0.6 is 11.6 Å². The first kappa shape index (κ1) is 14.1. The lowest BCUT2D eigenvalue weighted by atomic mass is 10.2. The minimum Gasteiger partial charge on any atom is -0.460 e. The summed E-state index contributed by atoms with van der Waals surface area (Å²) in [4.78, 5) is 16.3. The lowest BCUT2D eigenvalue weighted by molar-refractivity contribution is 0.0489. The van der Waals surface area contributed by atoms with Gasteiger partial charge in [0.05, 0.1) is 22.9 Å². The van der Waals surface area contributed by atoms with Gasteiger partial charge in [0.2, 0.25) is 11.7 Å². The number of esters is 1. The molecular formula is C15H13ClFNO3. The second-order valence-electron chi connectivity index (χ2n) is 4.83. The summed E-state index contributed by atoms with van der Waals surface area (Å²) in [6, 6.07) is 4.37. The van der Waals surface area contributed by atoms with Gasteiger partial charge in [0, 0.05) is 5.92 Å². The molecule has 4 nitrogen and oxygen atoms in total. The fourth-order valence-corrected chi connectivity index (χ4v) is 2.30. The number of benzene rings is 1. The van der Waals surface area contributed by atoms with Crippen LogP contribution in [0.25, 0.3) is 11.5 Å². The van der Waals surface area contributed by atoms with Crippen molar-refractivity contribution < 1.29 is 18.3 Å². The number of hydrogen-bond donors (Lipinski definition) is 0. The van der Waals surface area contributed by atoms with Gasteiger partial charge in [0.25, 0.3) is 0 Å². The topological polar surface area (TPSA) is 52.3 Å². The zero-order valence-electron chi connectivity index (χ0n) is 11.4. The molecule has 1 aromatic heterocycles. The second kappa shape index (κ2) is 5.48. The maximum Gasteiger partial charge on any atom is 0.376 e. The quantitative estimate of drug-likeness (QED) is 0.795. The molecule has 0 spiro atoms. The molecule has 0 radical (unpaired) electrons. The molecule has 0 atom stereocenters. The number of carbonyl (C=O) groups is 1. The first-order valence-electron chi connectivity index (χ1n) is 6.74. The highest BCUT2D eigenvalue weighted by Gasteiger charge is 2.34. The van der Waals surface area contributed by atoms with E-state index in [-0.39, 0.29) is 29.2 Å². The molecule has 0 bridgehead atoms. The van der Waals surface area contributed by atoms with E-state index in [0.717, 1.165) is 12.8 Å². The molecule has 110 valence electrons. The standard InChI is InChI=1S/C15H13ClFNO3/c1-2-20-15(19)13-12(8-6-7-8)18-14(21-13)9-4-3-5-10(17)11(9)16/h3-5,8H,2,6-7H2,1H3. The highest BCUT2D eigenvalue weighted by molar-refractivity contribution is 6.33. The predicted molar refractivity (Wildman–Crippen MR) is 74.8 cm³/mol. The average molecular weight is 310 g/mol. The number of nitrogens with zero attached hydrogens (tertiary/aromatic N) is 1. The summed E-state index contributed by atoms with van der Waals surface area (Å²) >= 11 is 5.93. The Kier molecular flexibility index (Phi) is 3.68. The summed E-state index contributed by atoms with van der Waals surface area (Å²) in [6.45, 7) is 1.97. The van der Waals surface area contributed by atoms with E-state index in [0.29, 0.717) is 11.3 Å². The number of ether oxygens (including phenoxy) is 1. The summed E-state index contributed by atoms with van der Waals surface area (Å²) < 4.78 is 24.0. The number of oxazole rings is 1. The second-order valence-corrected chi connectivity index (χ2v) is 5.21. The smallest absolute Gasteiger partial charge is 0.376 e. The van der Waals surface area contributed by atoms with Gasteiger partial charge in [0.1, 0.15) is 5.82 Å². The third kappa shape index (κ3) is 2.65. The predicted octanol–water partition coefficient (Wildman–Crippen LogP) is 4.19. The SMILES string of the molecule is CCOC(=O)c1oc(-c2cccc(F)c2Cl)nc1C1CC1. The van der Waals surface area contributed by atoms with E-state index in [4.69, 9.17) is 20.8 Å². The minimum absolute atomic E-state index is 0.0727. The molecule has 1 saturated carbocycles. The van der Waals surface area contributed by atoms with Crippen LogP contribution < -0.4 is 0 Å². The van der Waals surface area contributed by atoms with Crippen LogP contribution in [0.15, 0.2) is 22.6 Å². The molecule has 0 amide bonds. The van der Waals surface area contributed by atoms with Crippen molar-refractivity contribution in [1.82, 2.24) is 4.98 Å². The van der Waals surface area contributed by atoms with Crippen LogP contribution in [0.1, 0.15) is 41.9 Å². The fraction of sp³-hybridized carbons (Fsp3) is 0.333. The third-order valence-electron chi connectivity index (χ3n) is 3.26. The Morgan fingerprint density at radius 3 is 2.95 bits per heavy atom. The lowest BCUT2D eigenvalue weighted by Crippen LogP contribution is -2.05. The molecule has 1 aliphatic carbocycles. The molecule has 3 rings (SSSR count). The Hall–Kier alpha value is -1.88. The van der Waals surface area contributed by atoms with Gasteiger partial charge in [-0.1, -0.05) is 17.7 Å². The molecule has 21 heavy (non-hydrogen) atoms. The van der Waals surface area contributed by atoms with Crippen molar-refractivity contribution in [2.24, 2.45) is 0 Å². The Labute approximate surface area is 125 Å². The van der Waals surface area contributed by atoms with E-state index in [1.807, 2.05) is 0 Å². The van der Waals surface area contributed by atoms with E-state index in [1.54, 1.807) is 13.0 Å². The number of aromatic nitrogens is 1. The van der Waals surface area contributed by atoms with E-state index in [2.05, 4.69) is 4.98 Å². The first-order valence-corrected chi connectivity index (χ1v) is 7.11. The third-order valence-corrected chi connectivity index (χ3v) is 3.64. The van der Waals surface area contributed by atoms with Gasteiger partial charge < -0.3 is 9.15 Å². The van der Waals surface area contributed by atoms with Crippen molar-refractivity contribution in [2.45, 2.75) is 25.7 Å². The zero-order valence-corrected chi connectivity index (χ0v) is 12.1. The number of halogens is 2. The minimum atomic E-state index is -0.557. The molecule has 0 aliphatic heterocycles. The maximum absolute atomic E-state index is 13.5. The van der Waals surface area contributed by atoms with Crippen molar-refractivity contribution in [2.75, 3.05) is 6.61 Å². The highest BCUT2D eigenvalue weighted by atomic mass is 35.5. The number of rotatable bonds is 4. The van der Waals surface area contributed by atoms with E-state index in [1.165, 1.54) is 12.1 Å². The number of hydrogen-bond acceptors (Lipinski definition) is 4. The number of carbonyl (C=O) groups excluding carboxylic acids is 1. The van der Waals surface area contributed by atoms with Gasteiger partial charge >= 0.3 is 5.97 Å². The largest absolute Gasteiger partial charge is 0.460 e. The Morgan fingerprint density at radius 2 is 2.29 bits per heavy atom. The Morgan fingerprint density at radius 1 is 1.52 bits per heavy atom. The summed E-state index contributed by atoms with van der Waals surface area (Å²) in [5, 5.41) is -0.0727. The van der Waals surface area contributed by atoms with Gasteiger partial charge in [-0.15, -0.1) is 0 Å². The molecule has 1 aromatic carbocycles. The summed E-state index contributed by atoms with van der Waals surface area (Å²) in [7, 11) is 0. The van der Waals surface area contributed by atoms with Gasteiger partial charge in [-0.3, -0.25) is 0 Å². The van der Waals surface area contributed by atoms with Crippen LogP contribution in [0.5, 0.6) is 0 Å². The lowest BCUT2D eigenvalue weighted by Gasteiger charge is -2.00. The van der Waals surface area contributed by atoms with Crippen LogP contribution in [0.3, 0.4) is 0 Å². The van der Waals surface area contributed by atoms with Gasteiger partial charge in [0.15, 0.2) is 0 Å². The molecular weight excluding hydrogens is 297 g/mol. The molecule has 0 N–H and O–H groups in total. The van der Waals surface area contributed by atoms with Crippen LogP contribution in [0.2, 0.25) is 5.02 Å². The summed E-state index contributed by atoms with van der Waals surface area (Å²) in [5.41, 5.74) is 0.901. The molecule has 6 heteroatoms. The van der Waals surface area contributed by atoms with Crippen LogP contribution in [0, 0.1) is 5.82 Å². The van der Waals surface area contributed by atoms with Gasteiger partial charge in [-0.2, -0.15) is 0 Å². The van der Waals surface area contributed by atoms with Gasteiger partial charge in [-0.05, 0) is 31.9 Å². The normalized spacial score (nSPS) is 14.2. The molecule has 0 unspecified atom stereocenters. The van der Waals surface area contributed by atoms with Crippen LogP contribution in [-0.2, 0) is 4.74 Å². The Bertz CT molecular complexity index is 694. The molecule has 2 aromatic rings. The molecule has 0 saturated heterocycles. The summed E-state index contributed by atoms with van der Waals surface area (Å²) in [5.74, 6) is -0.669. The van der Waals surface area contributed by atoms with Crippen molar-refractivity contribution in [3.8, 4) is 11.5 Å². The van der Waals surface area contributed by atoms with Crippen molar-refractivity contribution in [3.63, 3.8) is 0 Å². The van der Waals surface area contributed by atoms with Crippen LogP contribution in [-0.4, -0.2) is 17.6 Å². The molecule has 1 fully saturated rings. The first-order chi connectivity index (χ1) is 10.1. The summed E-state index contributed by atoms with van der Waals surface area (Å²) in [6.07, 6.45) is 1.91. The average Bonchev–Trinajstić information content (AvgIpc) is 3.21. The van der Waals surface area contributed by atoms with Crippen molar-refractivity contribution in [3.05, 3.63) is 40.5 Å². The van der Waals surface area contributed by atoms with Crippen molar-refractivity contribution in [1.29, 1.82) is 0 Å². The molecule has 1 aliphatic rings. The van der Waals surface area contributed by atoms with Crippen molar-refractivity contribution >= 4 is 17.6 Å². The maximum atomic E-state index is 13.5. The zero-order chi connectivity index (χ0) is 15.0.